The summed E-state index contributed by atoms with van der Waals surface area (Å²) in [6.45, 7) is 2.20. The molecule has 1 aliphatic carbocycles. The van der Waals surface area contributed by atoms with Crippen LogP contribution in [0.4, 0.5) is 0 Å². The van der Waals surface area contributed by atoms with Crippen LogP contribution < -0.4 is 15.3 Å². The van der Waals surface area contributed by atoms with E-state index in [1.165, 1.54) is 18.9 Å². The van der Waals surface area contributed by atoms with E-state index in [4.69, 9.17) is 4.65 Å². The normalized spacial score (nSPS) is 26.3. The van der Waals surface area contributed by atoms with Crippen molar-refractivity contribution in [3.63, 3.8) is 0 Å². The van der Waals surface area contributed by atoms with Crippen LogP contribution in [0.1, 0.15) is 60.9 Å². The van der Waals surface area contributed by atoms with Crippen LogP contribution in [0.2, 0.25) is 0 Å². The molecule has 32 heavy (non-hydrogen) atoms. The van der Waals surface area contributed by atoms with Crippen LogP contribution in [0.5, 0.6) is 5.75 Å². The Morgan fingerprint density at radius 1 is 1.16 bits per heavy atom. The standard InChI is InChI=1S/C23H34BN3O5/c1-27(18-9-11-25-12-10-18)17-7-5-15(6-8-17)13-21(28)26-20-14-16-3-2-4-19(23(29)30)22(16)32-24(20)31/h2-4,15,17-18,20,25,31H,5-14H2,1H3,(H,26,28)(H,29,30)/t15?,17?,20-/m0/s1. The maximum Gasteiger partial charge on any atom is 0.547 e. The lowest BCUT2D eigenvalue weighted by atomic mass is 9.72. The second kappa shape index (κ2) is 10.2. The van der Waals surface area contributed by atoms with Gasteiger partial charge in [-0.2, -0.15) is 0 Å². The van der Waals surface area contributed by atoms with Gasteiger partial charge in [0.15, 0.2) is 0 Å². The number of carbonyl (C=O) groups is 2. The predicted molar refractivity (Wildman–Crippen MR) is 122 cm³/mol. The van der Waals surface area contributed by atoms with Gasteiger partial charge in [0.1, 0.15) is 5.75 Å². The lowest BCUT2D eigenvalue weighted by molar-refractivity contribution is -0.122. The highest BCUT2D eigenvalue weighted by Gasteiger charge is 2.38. The number of hydrogen-bond donors (Lipinski definition) is 4. The summed E-state index contributed by atoms with van der Waals surface area (Å²) in [5, 5.41) is 26.0. The van der Waals surface area contributed by atoms with E-state index in [2.05, 4.69) is 22.6 Å². The SMILES string of the molecule is CN(C1CCNCC1)C1CCC(CC(=O)N[C@H]2Cc3cccc(C(=O)O)c3OB2O)CC1. The molecule has 8 nitrogen and oxygen atoms in total. The van der Waals surface area contributed by atoms with Gasteiger partial charge in [0.2, 0.25) is 5.91 Å². The summed E-state index contributed by atoms with van der Waals surface area (Å²) >= 11 is 0. The van der Waals surface area contributed by atoms with Crippen molar-refractivity contribution in [2.75, 3.05) is 20.1 Å². The number of amides is 1. The van der Waals surface area contributed by atoms with E-state index in [0.717, 1.165) is 38.8 Å². The van der Waals surface area contributed by atoms with Gasteiger partial charge in [-0.1, -0.05) is 12.1 Å². The van der Waals surface area contributed by atoms with Crippen LogP contribution in [0.3, 0.4) is 0 Å². The fourth-order valence-electron chi connectivity index (χ4n) is 5.51. The van der Waals surface area contributed by atoms with E-state index in [1.807, 2.05) is 0 Å². The zero-order valence-corrected chi connectivity index (χ0v) is 18.8. The van der Waals surface area contributed by atoms with Crippen molar-refractivity contribution in [3.8, 4) is 5.75 Å². The minimum absolute atomic E-state index is 0.0255. The molecule has 0 bridgehead atoms. The third-order valence-corrected chi connectivity index (χ3v) is 7.45. The minimum atomic E-state index is -1.26. The van der Waals surface area contributed by atoms with Crippen molar-refractivity contribution in [2.45, 2.75) is 69.4 Å². The average Bonchev–Trinajstić information content (AvgIpc) is 2.79. The molecule has 2 fully saturated rings. The second-order valence-corrected chi connectivity index (χ2v) is 9.51. The minimum Gasteiger partial charge on any atom is -0.534 e. The number of aromatic carboxylic acids is 1. The van der Waals surface area contributed by atoms with Crippen molar-refractivity contribution in [3.05, 3.63) is 29.3 Å². The molecule has 0 aromatic heterocycles. The van der Waals surface area contributed by atoms with Gasteiger partial charge < -0.3 is 30.3 Å². The number of hydrogen-bond acceptors (Lipinski definition) is 6. The van der Waals surface area contributed by atoms with Crippen molar-refractivity contribution < 1.29 is 24.4 Å². The Morgan fingerprint density at radius 2 is 1.84 bits per heavy atom. The van der Waals surface area contributed by atoms with E-state index in [1.54, 1.807) is 12.1 Å². The molecule has 1 saturated carbocycles. The Morgan fingerprint density at radius 3 is 2.53 bits per heavy atom. The predicted octanol–water partition coefficient (Wildman–Crippen LogP) is 1.46. The summed E-state index contributed by atoms with van der Waals surface area (Å²) in [4.78, 5) is 26.6. The molecule has 0 unspecified atom stereocenters. The van der Waals surface area contributed by atoms with Gasteiger partial charge >= 0.3 is 13.1 Å². The summed E-state index contributed by atoms with van der Waals surface area (Å²) in [5.41, 5.74) is 0.708. The second-order valence-electron chi connectivity index (χ2n) is 9.51. The summed E-state index contributed by atoms with van der Waals surface area (Å²) in [5.74, 6) is -1.21. The van der Waals surface area contributed by atoms with E-state index in [9.17, 15) is 19.7 Å². The third kappa shape index (κ3) is 5.27. The van der Waals surface area contributed by atoms with Crippen LogP contribution in [-0.4, -0.2) is 72.2 Å². The quantitative estimate of drug-likeness (QED) is 0.493. The number of benzene rings is 1. The number of piperidine rings is 1. The number of fused-ring (bicyclic) bond motifs is 1. The summed E-state index contributed by atoms with van der Waals surface area (Å²) in [7, 11) is 0.993. The van der Waals surface area contributed by atoms with E-state index < -0.39 is 19.0 Å². The first-order valence-corrected chi connectivity index (χ1v) is 11.8. The largest absolute Gasteiger partial charge is 0.547 e. The lowest BCUT2D eigenvalue weighted by Crippen LogP contribution is -2.53. The highest BCUT2D eigenvalue weighted by Crippen LogP contribution is 2.32. The van der Waals surface area contributed by atoms with Crippen molar-refractivity contribution in [1.29, 1.82) is 0 Å². The molecule has 1 saturated heterocycles. The summed E-state index contributed by atoms with van der Waals surface area (Å²) in [6.07, 6.45) is 7.55. The number of carbonyl (C=O) groups excluding carboxylic acids is 1. The van der Waals surface area contributed by atoms with Crippen LogP contribution in [-0.2, 0) is 11.2 Å². The molecule has 1 aromatic carbocycles. The Balaban J connectivity index is 1.26. The molecule has 1 atom stereocenters. The van der Waals surface area contributed by atoms with Gasteiger partial charge in [-0.05, 0) is 82.6 Å². The first kappa shape index (κ1) is 23.1. The van der Waals surface area contributed by atoms with E-state index in [-0.39, 0.29) is 17.2 Å². The lowest BCUT2D eigenvalue weighted by Gasteiger charge is -2.40. The summed E-state index contributed by atoms with van der Waals surface area (Å²) < 4.78 is 5.48. The zero-order valence-electron chi connectivity index (χ0n) is 18.8. The molecular weight excluding hydrogens is 409 g/mol. The van der Waals surface area contributed by atoms with Crippen LogP contribution >= 0.6 is 0 Å². The molecule has 4 rings (SSSR count). The molecule has 2 aliphatic heterocycles. The Bertz CT molecular complexity index is 824. The zero-order chi connectivity index (χ0) is 22.7. The van der Waals surface area contributed by atoms with Gasteiger partial charge in [-0.15, -0.1) is 0 Å². The molecule has 1 aromatic rings. The van der Waals surface area contributed by atoms with Crippen LogP contribution in [0, 0.1) is 5.92 Å². The Kier molecular flexibility index (Phi) is 7.38. The van der Waals surface area contributed by atoms with Gasteiger partial charge in [-0.3, -0.25) is 4.79 Å². The Labute approximate surface area is 189 Å². The summed E-state index contributed by atoms with van der Waals surface area (Å²) in [6, 6.07) is 6.14. The number of carboxylic acid groups (broad SMARTS) is 1. The molecular formula is C23H34BN3O5. The number of para-hydroxylation sites is 1. The van der Waals surface area contributed by atoms with Crippen molar-refractivity contribution in [1.82, 2.24) is 15.5 Å². The molecule has 9 heteroatoms. The van der Waals surface area contributed by atoms with Crippen LogP contribution in [0.25, 0.3) is 0 Å². The maximum absolute atomic E-state index is 12.7. The van der Waals surface area contributed by atoms with E-state index >= 15 is 0 Å². The molecule has 0 spiro atoms. The van der Waals surface area contributed by atoms with Gasteiger partial charge in [0, 0.05) is 18.5 Å². The number of carboxylic acids is 1. The molecule has 2 heterocycles. The van der Waals surface area contributed by atoms with Gasteiger partial charge in [-0.25, -0.2) is 4.79 Å². The van der Waals surface area contributed by atoms with Gasteiger partial charge in [0.05, 0.1) is 11.5 Å². The van der Waals surface area contributed by atoms with Crippen molar-refractivity contribution >= 4 is 19.0 Å². The number of rotatable bonds is 6. The molecule has 0 radical (unpaired) electrons. The fraction of sp³-hybridized carbons (Fsp3) is 0.652. The van der Waals surface area contributed by atoms with Gasteiger partial charge in [0.25, 0.3) is 0 Å². The molecule has 174 valence electrons. The highest BCUT2D eigenvalue weighted by atomic mass is 16.5. The number of nitrogens with zero attached hydrogens (tertiary/aromatic N) is 1. The average molecular weight is 443 g/mol. The number of nitrogens with one attached hydrogen (secondary N) is 2. The smallest absolute Gasteiger partial charge is 0.534 e. The van der Waals surface area contributed by atoms with E-state index in [0.29, 0.717) is 36.4 Å². The molecule has 4 N–H and O–H groups in total. The monoisotopic (exact) mass is 443 g/mol. The third-order valence-electron chi connectivity index (χ3n) is 7.45. The first-order valence-electron chi connectivity index (χ1n) is 11.8. The first-order chi connectivity index (χ1) is 15.4. The molecule has 3 aliphatic rings. The van der Waals surface area contributed by atoms with Crippen LogP contribution in [0.15, 0.2) is 18.2 Å². The Hall–Kier alpha value is -2.10. The van der Waals surface area contributed by atoms with Crippen molar-refractivity contribution in [2.24, 2.45) is 5.92 Å². The molecule has 1 amide bonds. The fourth-order valence-corrected chi connectivity index (χ4v) is 5.51. The topological polar surface area (TPSA) is 111 Å². The maximum atomic E-state index is 12.7. The highest BCUT2D eigenvalue weighted by molar-refractivity contribution is 6.47.